The SMILES string of the molecule is C=CC(=O)Oc1cccc(OC(=O)c2cc(C)cc(C)c2)c1. The van der Waals surface area contributed by atoms with Gasteiger partial charge in [-0.1, -0.05) is 29.8 Å². The zero-order chi connectivity index (χ0) is 16.1. The van der Waals surface area contributed by atoms with Gasteiger partial charge in [-0.3, -0.25) is 0 Å². The summed E-state index contributed by atoms with van der Waals surface area (Å²) in [7, 11) is 0. The van der Waals surface area contributed by atoms with Crippen LogP contribution in [0.3, 0.4) is 0 Å². The van der Waals surface area contributed by atoms with Crippen molar-refractivity contribution in [1.82, 2.24) is 0 Å². The smallest absolute Gasteiger partial charge is 0.343 e. The third-order valence-electron chi connectivity index (χ3n) is 2.86. The first-order chi connectivity index (χ1) is 10.5. The lowest BCUT2D eigenvalue weighted by atomic mass is 10.1. The maximum Gasteiger partial charge on any atom is 0.343 e. The molecule has 0 heterocycles. The summed E-state index contributed by atoms with van der Waals surface area (Å²) in [5.41, 5.74) is 2.45. The Hall–Kier alpha value is -2.88. The molecular weight excluding hydrogens is 280 g/mol. The maximum absolute atomic E-state index is 12.2. The van der Waals surface area contributed by atoms with Gasteiger partial charge in [-0.15, -0.1) is 0 Å². The number of esters is 2. The van der Waals surface area contributed by atoms with E-state index >= 15 is 0 Å². The number of rotatable bonds is 4. The number of aryl methyl sites for hydroxylation is 2. The van der Waals surface area contributed by atoms with Crippen LogP contribution in [0.25, 0.3) is 0 Å². The first-order valence-electron chi connectivity index (χ1n) is 6.73. The Balaban J connectivity index is 2.16. The highest BCUT2D eigenvalue weighted by molar-refractivity contribution is 5.91. The van der Waals surface area contributed by atoms with Crippen LogP contribution >= 0.6 is 0 Å². The second-order valence-corrected chi connectivity index (χ2v) is 4.87. The first-order valence-corrected chi connectivity index (χ1v) is 6.73. The van der Waals surface area contributed by atoms with Gasteiger partial charge in [-0.2, -0.15) is 0 Å². The first kappa shape index (κ1) is 15.5. The van der Waals surface area contributed by atoms with Crippen molar-refractivity contribution in [2.75, 3.05) is 0 Å². The number of hydrogen-bond acceptors (Lipinski definition) is 4. The Bertz CT molecular complexity index is 711. The van der Waals surface area contributed by atoms with E-state index in [1.807, 2.05) is 19.9 Å². The average Bonchev–Trinajstić information content (AvgIpc) is 2.46. The van der Waals surface area contributed by atoms with E-state index in [4.69, 9.17) is 9.47 Å². The molecule has 112 valence electrons. The molecule has 0 aliphatic heterocycles. The molecule has 2 rings (SSSR count). The van der Waals surface area contributed by atoms with Gasteiger partial charge in [0.15, 0.2) is 0 Å². The molecule has 2 aromatic carbocycles. The number of hydrogen-bond donors (Lipinski definition) is 0. The van der Waals surface area contributed by atoms with Crippen LogP contribution in [0.4, 0.5) is 0 Å². The molecule has 0 amide bonds. The van der Waals surface area contributed by atoms with E-state index in [1.165, 1.54) is 6.07 Å². The Morgan fingerprint density at radius 3 is 2.14 bits per heavy atom. The summed E-state index contributed by atoms with van der Waals surface area (Å²) < 4.78 is 10.3. The van der Waals surface area contributed by atoms with E-state index in [2.05, 4.69) is 6.58 Å². The van der Waals surface area contributed by atoms with Crippen LogP contribution in [0.15, 0.2) is 55.1 Å². The fourth-order valence-electron chi connectivity index (χ4n) is 2.02. The zero-order valence-corrected chi connectivity index (χ0v) is 12.5. The molecule has 0 aliphatic rings. The molecule has 0 bridgehead atoms. The van der Waals surface area contributed by atoms with Crippen molar-refractivity contribution in [3.05, 3.63) is 71.8 Å². The van der Waals surface area contributed by atoms with Gasteiger partial charge in [0.25, 0.3) is 0 Å². The summed E-state index contributed by atoms with van der Waals surface area (Å²) in [6, 6.07) is 11.8. The quantitative estimate of drug-likeness (QED) is 0.491. The minimum Gasteiger partial charge on any atom is -0.423 e. The summed E-state index contributed by atoms with van der Waals surface area (Å²) in [5.74, 6) is -0.439. The lowest BCUT2D eigenvalue weighted by Crippen LogP contribution is -2.09. The number of carbonyl (C=O) groups is 2. The van der Waals surface area contributed by atoms with Gasteiger partial charge in [-0.25, -0.2) is 9.59 Å². The largest absolute Gasteiger partial charge is 0.423 e. The summed E-state index contributed by atoms with van der Waals surface area (Å²) >= 11 is 0. The summed E-state index contributed by atoms with van der Waals surface area (Å²) in [4.78, 5) is 23.3. The molecule has 0 unspecified atom stereocenters. The molecule has 0 saturated carbocycles. The monoisotopic (exact) mass is 296 g/mol. The van der Waals surface area contributed by atoms with Crippen LogP contribution in [0.2, 0.25) is 0 Å². The molecule has 0 spiro atoms. The predicted molar refractivity (Wildman–Crippen MR) is 83.1 cm³/mol. The Kier molecular flexibility index (Phi) is 4.73. The second kappa shape index (κ2) is 6.72. The van der Waals surface area contributed by atoms with Crippen molar-refractivity contribution in [3.8, 4) is 11.5 Å². The van der Waals surface area contributed by atoms with Crippen LogP contribution < -0.4 is 9.47 Å². The Labute approximate surface area is 129 Å². The van der Waals surface area contributed by atoms with Gasteiger partial charge in [0.2, 0.25) is 0 Å². The predicted octanol–water partition coefficient (Wildman–Crippen LogP) is 3.61. The van der Waals surface area contributed by atoms with Gasteiger partial charge in [0.05, 0.1) is 5.56 Å². The van der Waals surface area contributed by atoms with Gasteiger partial charge in [-0.05, 0) is 38.1 Å². The van der Waals surface area contributed by atoms with Crippen molar-refractivity contribution in [2.45, 2.75) is 13.8 Å². The normalized spacial score (nSPS) is 9.91. The molecule has 4 heteroatoms. The van der Waals surface area contributed by atoms with Crippen molar-refractivity contribution in [1.29, 1.82) is 0 Å². The van der Waals surface area contributed by atoms with E-state index < -0.39 is 11.9 Å². The lowest BCUT2D eigenvalue weighted by molar-refractivity contribution is -0.128. The molecule has 4 nitrogen and oxygen atoms in total. The lowest BCUT2D eigenvalue weighted by Gasteiger charge is -2.07. The van der Waals surface area contributed by atoms with Crippen molar-refractivity contribution < 1.29 is 19.1 Å². The van der Waals surface area contributed by atoms with E-state index in [0.29, 0.717) is 11.3 Å². The minimum atomic E-state index is -0.571. The average molecular weight is 296 g/mol. The third-order valence-corrected chi connectivity index (χ3v) is 2.86. The topological polar surface area (TPSA) is 52.6 Å². The fraction of sp³-hybridized carbons (Fsp3) is 0.111. The fourth-order valence-corrected chi connectivity index (χ4v) is 2.02. The van der Waals surface area contributed by atoms with Crippen LogP contribution in [0.5, 0.6) is 11.5 Å². The Morgan fingerprint density at radius 2 is 1.55 bits per heavy atom. The van der Waals surface area contributed by atoms with Gasteiger partial charge in [0, 0.05) is 12.1 Å². The molecule has 0 radical (unpaired) electrons. The van der Waals surface area contributed by atoms with E-state index in [9.17, 15) is 9.59 Å². The zero-order valence-electron chi connectivity index (χ0n) is 12.5. The van der Waals surface area contributed by atoms with Crippen molar-refractivity contribution >= 4 is 11.9 Å². The minimum absolute atomic E-state index is 0.288. The molecular formula is C18H16O4. The van der Waals surface area contributed by atoms with Crippen LogP contribution in [-0.4, -0.2) is 11.9 Å². The highest BCUT2D eigenvalue weighted by Crippen LogP contribution is 2.21. The standard InChI is InChI=1S/C18H16O4/c1-4-17(19)21-15-6-5-7-16(11-15)22-18(20)14-9-12(2)8-13(3)10-14/h4-11H,1H2,2-3H3. The van der Waals surface area contributed by atoms with Gasteiger partial charge in [0.1, 0.15) is 11.5 Å². The Morgan fingerprint density at radius 1 is 0.955 bits per heavy atom. The number of benzene rings is 2. The molecule has 0 atom stereocenters. The molecule has 0 fully saturated rings. The molecule has 0 aromatic heterocycles. The maximum atomic E-state index is 12.2. The van der Waals surface area contributed by atoms with Crippen molar-refractivity contribution in [2.24, 2.45) is 0 Å². The van der Waals surface area contributed by atoms with Crippen LogP contribution in [0.1, 0.15) is 21.5 Å². The highest BCUT2D eigenvalue weighted by Gasteiger charge is 2.10. The summed E-state index contributed by atoms with van der Waals surface area (Å²) in [6.07, 6.45) is 1.06. The second-order valence-electron chi connectivity index (χ2n) is 4.87. The van der Waals surface area contributed by atoms with E-state index in [0.717, 1.165) is 17.2 Å². The number of carbonyl (C=O) groups excluding carboxylic acids is 2. The molecule has 2 aromatic rings. The molecule has 22 heavy (non-hydrogen) atoms. The van der Waals surface area contributed by atoms with Crippen molar-refractivity contribution in [3.63, 3.8) is 0 Å². The third kappa shape index (κ3) is 4.06. The van der Waals surface area contributed by atoms with E-state index in [1.54, 1.807) is 30.3 Å². The van der Waals surface area contributed by atoms with Crippen LogP contribution in [-0.2, 0) is 4.79 Å². The van der Waals surface area contributed by atoms with Crippen LogP contribution in [0, 0.1) is 13.8 Å². The molecule has 0 saturated heterocycles. The summed E-state index contributed by atoms with van der Waals surface area (Å²) in [5, 5.41) is 0. The van der Waals surface area contributed by atoms with Gasteiger partial charge < -0.3 is 9.47 Å². The highest BCUT2D eigenvalue weighted by atomic mass is 16.5. The number of ether oxygens (including phenoxy) is 2. The molecule has 0 N–H and O–H groups in total. The summed E-state index contributed by atoms with van der Waals surface area (Å²) in [6.45, 7) is 7.16. The molecule has 0 aliphatic carbocycles. The van der Waals surface area contributed by atoms with E-state index in [-0.39, 0.29) is 5.75 Å². The van der Waals surface area contributed by atoms with Gasteiger partial charge >= 0.3 is 11.9 Å².